The summed E-state index contributed by atoms with van der Waals surface area (Å²) in [6.45, 7) is -14.4. The van der Waals surface area contributed by atoms with Gasteiger partial charge in [0.2, 0.25) is 5.69 Å². The van der Waals surface area contributed by atoms with E-state index in [1.54, 1.807) is 49.4 Å². The zero-order valence-electron chi connectivity index (χ0n) is 34.6. The normalized spacial score (nSPS) is 23.4. The smallest absolute Gasteiger partial charge is 0.216 e. The second-order valence-electron chi connectivity index (χ2n) is 8.87. The van der Waals surface area contributed by atoms with Crippen molar-refractivity contribution in [2.24, 2.45) is 7.05 Å². The molecule has 2 aromatic heterocycles. The van der Waals surface area contributed by atoms with E-state index in [0.717, 1.165) is 12.3 Å². The molecule has 0 saturated heterocycles. The number of pyridine rings is 1. The van der Waals surface area contributed by atoms with Crippen molar-refractivity contribution in [2.45, 2.75) is 52.5 Å². The van der Waals surface area contributed by atoms with Gasteiger partial charge in [-0.15, -0.1) is 0 Å². The largest absolute Gasteiger partial charge is 0.455 e. The molecule has 1 aliphatic carbocycles. The van der Waals surface area contributed by atoms with Gasteiger partial charge in [-0.2, -0.15) is 0 Å². The van der Waals surface area contributed by atoms with Crippen LogP contribution in [0.25, 0.3) is 44.3 Å². The Hall–Kier alpha value is -3.39. The van der Waals surface area contributed by atoms with Crippen molar-refractivity contribution in [2.75, 3.05) is 0 Å². The molecule has 2 heterocycles. The van der Waals surface area contributed by atoms with Crippen LogP contribution in [0.2, 0.25) is 0 Å². The van der Waals surface area contributed by atoms with Gasteiger partial charge in [0.1, 0.15) is 18.2 Å². The Kier molecular flexibility index (Phi) is 2.09. The molecule has 3 aromatic carbocycles. The second-order valence-corrected chi connectivity index (χ2v) is 8.87. The number of aryl methyl sites for hydroxylation is 3. The lowest BCUT2D eigenvalue weighted by atomic mass is 9.82. The fraction of sp³-hybridized carbons (Fsp3) is 0.281. The quantitative estimate of drug-likeness (QED) is 0.242. The number of furan rings is 1. The van der Waals surface area contributed by atoms with Gasteiger partial charge in [-0.05, 0) is 53.6 Å². The van der Waals surface area contributed by atoms with E-state index in [-0.39, 0.29) is 33.6 Å². The second kappa shape index (κ2) is 7.06. The number of nitrogens with zero attached hydrogens (tertiary/aromatic N) is 1. The minimum absolute atomic E-state index is 0.00890. The Bertz CT molecular complexity index is 2170. The van der Waals surface area contributed by atoms with Gasteiger partial charge in [0.05, 0.1) is 5.56 Å². The highest BCUT2D eigenvalue weighted by molar-refractivity contribution is 6.12. The van der Waals surface area contributed by atoms with Crippen LogP contribution >= 0.6 is 0 Å². The molecule has 0 unspecified atom stereocenters. The monoisotopic (exact) mass is 462 g/mol. The average molecular weight is 463 g/mol. The molecule has 170 valence electrons. The first-order valence-corrected chi connectivity index (χ1v) is 10.9. The minimum atomic E-state index is -3.49. The molecule has 2 nitrogen and oxygen atoms in total. The van der Waals surface area contributed by atoms with Gasteiger partial charge >= 0.3 is 0 Å². The lowest BCUT2D eigenvalue weighted by molar-refractivity contribution is -0.660. The van der Waals surface area contributed by atoms with E-state index in [2.05, 4.69) is 0 Å². The molecule has 1 aliphatic rings. The van der Waals surface area contributed by atoms with Crippen LogP contribution in [0.15, 0.2) is 65.2 Å². The predicted molar refractivity (Wildman–Crippen MR) is 141 cm³/mol. The van der Waals surface area contributed by atoms with Gasteiger partial charge in [-0.25, -0.2) is 4.57 Å². The zero-order chi connectivity index (χ0) is 37.4. The molecule has 0 radical (unpaired) electrons. The third-order valence-electron chi connectivity index (χ3n) is 6.81. The molecule has 34 heavy (non-hydrogen) atoms. The Morgan fingerprint density at radius 2 is 1.74 bits per heavy atom. The van der Waals surface area contributed by atoms with Crippen molar-refractivity contribution in [3.63, 3.8) is 0 Å². The summed E-state index contributed by atoms with van der Waals surface area (Å²) in [5.74, 6) is -3.35. The highest BCUT2D eigenvalue weighted by Gasteiger charge is 2.38. The first-order chi connectivity index (χ1) is 22.7. The standard InChI is InChI=1S/C32H32NO/c1-18(2)25-16-27(33(7)17-20(25)4)28-19(3)12-13-23-24-15-14-22-21-10-8-9-11-26(21)32(5,6)29(22)31(24)34-30(23)28/h8-18H,1-7H3/q+1/i1D3,2D3,4D3,5D3,6D3,18D. The summed E-state index contributed by atoms with van der Waals surface area (Å²) in [7, 11) is 1.48. The number of rotatable bonds is 2. The molecule has 0 aliphatic heterocycles. The van der Waals surface area contributed by atoms with Crippen LogP contribution in [0, 0.1) is 13.8 Å². The fourth-order valence-electron chi connectivity index (χ4n) is 5.20. The molecular weight excluding hydrogens is 414 g/mol. The predicted octanol–water partition coefficient (Wildman–Crippen LogP) is 8.12. The molecule has 0 N–H and O–H groups in total. The van der Waals surface area contributed by atoms with Crippen LogP contribution in [0.3, 0.4) is 0 Å². The van der Waals surface area contributed by atoms with E-state index in [1.165, 1.54) is 17.7 Å². The molecule has 2 heteroatoms. The lowest BCUT2D eigenvalue weighted by Crippen LogP contribution is -2.32. The van der Waals surface area contributed by atoms with Crippen molar-refractivity contribution in [1.82, 2.24) is 0 Å². The van der Waals surface area contributed by atoms with Crippen molar-refractivity contribution in [3.05, 3.63) is 88.6 Å². The number of hydrogen-bond acceptors (Lipinski definition) is 1. The summed E-state index contributed by atoms with van der Waals surface area (Å²) in [5, 5.41) is 0.835. The van der Waals surface area contributed by atoms with E-state index in [1.807, 2.05) is 0 Å². The van der Waals surface area contributed by atoms with E-state index in [0.29, 0.717) is 27.5 Å². The highest BCUT2D eigenvalue weighted by atomic mass is 16.3. The third kappa shape index (κ3) is 2.72. The first-order valence-electron chi connectivity index (χ1n) is 18.9. The number of benzene rings is 3. The molecule has 0 fully saturated rings. The molecule has 0 saturated carbocycles. The molecule has 0 amide bonds. The van der Waals surface area contributed by atoms with E-state index < -0.39 is 56.7 Å². The van der Waals surface area contributed by atoms with Crippen molar-refractivity contribution >= 4 is 21.9 Å². The Morgan fingerprint density at radius 3 is 2.53 bits per heavy atom. The average Bonchev–Trinajstić information content (AvgIpc) is 3.49. The fourth-order valence-corrected chi connectivity index (χ4v) is 5.20. The number of fused-ring (bicyclic) bond motifs is 7. The first kappa shape index (κ1) is 10.1. The van der Waals surface area contributed by atoms with Crippen molar-refractivity contribution in [3.8, 4) is 22.4 Å². The van der Waals surface area contributed by atoms with Crippen LogP contribution in [0.5, 0.6) is 0 Å². The summed E-state index contributed by atoms with van der Waals surface area (Å²) >= 11 is 0. The van der Waals surface area contributed by atoms with E-state index in [4.69, 9.17) is 26.3 Å². The van der Waals surface area contributed by atoms with Gasteiger partial charge in [-0.3, -0.25) is 0 Å². The topological polar surface area (TPSA) is 17.0 Å². The molecule has 0 bridgehead atoms. The summed E-state index contributed by atoms with van der Waals surface area (Å²) in [5.41, 5.74) is -1.90. The van der Waals surface area contributed by atoms with E-state index >= 15 is 0 Å². The maximum absolute atomic E-state index is 8.91. The maximum atomic E-state index is 8.91. The highest BCUT2D eigenvalue weighted by Crippen LogP contribution is 2.53. The zero-order valence-corrected chi connectivity index (χ0v) is 18.6. The number of hydrogen-bond donors (Lipinski definition) is 0. The Labute approximate surface area is 224 Å². The minimum Gasteiger partial charge on any atom is -0.455 e. The van der Waals surface area contributed by atoms with Crippen molar-refractivity contribution < 1.29 is 30.9 Å². The third-order valence-corrected chi connectivity index (χ3v) is 6.81. The van der Waals surface area contributed by atoms with Crippen LogP contribution in [-0.4, -0.2) is 0 Å². The molecular formula is C32H32NO+. The lowest BCUT2D eigenvalue weighted by Gasteiger charge is -2.21. The molecule has 0 spiro atoms. The molecule has 0 atom stereocenters. The van der Waals surface area contributed by atoms with E-state index in [9.17, 15) is 0 Å². The van der Waals surface area contributed by atoms with Crippen LogP contribution in [0.1, 0.15) is 83.1 Å². The van der Waals surface area contributed by atoms with Crippen molar-refractivity contribution in [1.29, 1.82) is 0 Å². The van der Waals surface area contributed by atoms with Gasteiger partial charge in [0.15, 0.2) is 6.20 Å². The SMILES string of the molecule is [2H]C([2H])([2H])c1c[n+](C)c(-c2c(C)ccc3c2oc2c4c(ccc23)-c2ccccc2C4(C([2H])([2H])[2H])C([2H])([2H])[2H])cc1C([2H])(C([2H])([2H])[2H])C([2H])([2H])[2H]. The maximum Gasteiger partial charge on any atom is 0.216 e. The van der Waals surface area contributed by atoms with Gasteiger partial charge < -0.3 is 4.42 Å². The van der Waals surface area contributed by atoms with Gasteiger partial charge in [0, 0.05) is 55.3 Å². The Morgan fingerprint density at radius 1 is 0.941 bits per heavy atom. The summed E-state index contributed by atoms with van der Waals surface area (Å²) in [6.07, 6.45) is 1.09. The summed E-state index contributed by atoms with van der Waals surface area (Å²) in [4.78, 5) is 0. The van der Waals surface area contributed by atoms with Gasteiger partial charge in [0.25, 0.3) is 0 Å². The molecule has 6 rings (SSSR count). The van der Waals surface area contributed by atoms with Gasteiger partial charge in [-0.1, -0.05) is 69.9 Å². The van der Waals surface area contributed by atoms with Crippen LogP contribution in [-0.2, 0) is 12.5 Å². The Balaban J connectivity index is 1.78. The summed E-state index contributed by atoms with van der Waals surface area (Å²) < 4.78 is 142. The summed E-state index contributed by atoms with van der Waals surface area (Å²) in [6, 6.07) is 14.3. The van der Waals surface area contributed by atoms with Crippen LogP contribution < -0.4 is 4.57 Å². The van der Waals surface area contributed by atoms with Crippen LogP contribution in [0.4, 0.5) is 0 Å². The number of aromatic nitrogens is 1. The molecule has 5 aromatic rings.